The summed E-state index contributed by atoms with van der Waals surface area (Å²) >= 11 is 0. The minimum Gasteiger partial charge on any atom is -0.428 e. The lowest BCUT2D eigenvalue weighted by Crippen LogP contribution is -2.22. The van der Waals surface area contributed by atoms with Crippen LogP contribution in [0.4, 0.5) is 0 Å². The summed E-state index contributed by atoms with van der Waals surface area (Å²) in [6.07, 6.45) is 0. The van der Waals surface area contributed by atoms with Gasteiger partial charge in [-0.2, -0.15) is 0 Å². The van der Waals surface area contributed by atoms with Crippen LogP contribution in [0.5, 0.6) is 5.75 Å². The smallest absolute Gasteiger partial charge is 0.298 e. The molecule has 0 aliphatic rings. The number of carbonyl (C=O) groups is 1. The van der Waals surface area contributed by atoms with Gasteiger partial charge in [0.1, 0.15) is 5.75 Å². The van der Waals surface area contributed by atoms with Gasteiger partial charge in [0.2, 0.25) is 0 Å². The van der Waals surface area contributed by atoms with Crippen LogP contribution in [-0.4, -0.2) is 6.47 Å². The molecule has 0 saturated carbocycles. The van der Waals surface area contributed by atoms with Crippen molar-refractivity contribution in [3.8, 4) is 5.75 Å². The molecule has 0 saturated heterocycles. The van der Waals surface area contributed by atoms with Crippen LogP contribution >= 0.6 is 0 Å². The predicted molar refractivity (Wildman–Crippen MR) is 89.2 cm³/mol. The fraction of sp³-hybridized carbons (Fsp3) is 0.632. The summed E-state index contributed by atoms with van der Waals surface area (Å²) < 4.78 is 5.41. The first-order chi connectivity index (χ1) is 9.28. The number of carbonyl (C=O) groups excluding carboxylic acids is 1. The van der Waals surface area contributed by atoms with Gasteiger partial charge in [0, 0.05) is 11.1 Å². The van der Waals surface area contributed by atoms with Crippen molar-refractivity contribution in [2.24, 2.45) is 0 Å². The molecular weight excluding hydrogens is 260 g/mol. The summed E-state index contributed by atoms with van der Waals surface area (Å²) in [6, 6.07) is 4.38. The maximum Gasteiger partial charge on any atom is 0.298 e. The lowest BCUT2D eigenvalue weighted by atomic mass is 9.75. The van der Waals surface area contributed by atoms with Crippen molar-refractivity contribution in [2.75, 3.05) is 0 Å². The zero-order valence-corrected chi connectivity index (χ0v) is 15.0. The molecule has 0 N–H and O–H groups in total. The summed E-state index contributed by atoms with van der Waals surface area (Å²) in [7, 11) is 0. The van der Waals surface area contributed by atoms with Gasteiger partial charge in [0.15, 0.2) is 0 Å². The molecule has 118 valence electrons. The molecule has 0 bridgehead atoms. The van der Waals surface area contributed by atoms with Gasteiger partial charge in [-0.3, -0.25) is 4.79 Å². The fourth-order valence-corrected chi connectivity index (χ4v) is 2.35. The highest BCUT2D eigenvalue weighted by molar-refractivity contribution is 5.57. The molecule has 1 rings (SSSR count). The molecule has 2 nitrogen and oxygen atoms in total. The van der Waals surface area contributed by atoms with Crippen molar-refractivity contribution in [2.45, 2.75) is 78.6 Å². The normalized spacial score (nSPS) is 13.2. The number of benzene rings is 1. The van der Waals surface area contributed by atoms with E-state index in [1.54, 1.807) is 0 Å². The Bertz CT molecular complexity index is 485. The van der Waals surface area contributed by atoms with Gasteiger partial charge >= 0.3 is 0 Å². The van der Waals surface area contributed by atoms with Crippen molar-refractivity contribution in [1.29, 1.82) is 0 Å². The second-order valence-corrected chi connectivity index (χ2v) is 8.86. The predicted octanol–water partition coefficient (Wildman–Crippen LogP) is 5.11. The van der Waals surface area contributed by atoms with Gasteiger partial charge < -0.3 is 4.74 Å². The molecule has 0 atom stereocenters. The molecule has 0 spiro atoms. The highest BCUT2D eigenvalue weighted by Gasteiger charge is 2.30. The van der Waals surface area contributed by atoms with Gasteiger partial charge in [0.25, 0.3) is 6.47 Å². The van der Waals surface area contributed by atoms with E-state index >= 15 is 0 Å². The van der Waals surface area contributed by atoms with Crippen LogP contribution in [0.15, 0.2) is 12.1 Å². The second kappa shape index (κ2) is 5.47. The Morgan fingerprint density at radius 3 is 1.38 bits per heavy atom. The highest BCUT2D eigenvalue weighted by atomic mass is 16.5. The lowest BCUT2D eigenvalue weighted by Gasteiger charge is -2.32. The number of hydrogen-bond donors (Lipinski definition) is 0. The van der Waals surface area contributed by atoms with E-state index in [1.165, 1.54) is 5.56 Å². The van der Waals surface area contributed by atoms with Crippen molar-refractivity contribution >= 4 is 6.47 Å². The van der Waals surface area contributed by atoms with E-state index in [0.717, 1.165) is 16.9 Å². The van der Waals surface area contributed by atoms with E-state index in [1.807, 2.05) is 0 Å². The largest absolute Gasteiger partial charge is 0.428 e. The molecule has 0 radical (unpaired) electrons. The average Bonchev–Trinajstić information content (AvgIpc) is 2.24. The maximum atomic E-state index is 11.0. The van der Waals surface area contributed by atoms with Gasteiger partial charge in [0.05, 0.1) is 0 Å². The SMILES string of the molecule is CC(C)(C)c1cc(C(C)(C)C)c(OC=O)c(C(C)(C)C)c1. The van der Waals surface area contributed by atoms with Crippen molar-refractivity contribution < 1.29 is 9.53 Å². The number of hydrogen-bond acceptors (Lipinski definition) is 2. The van der Waals surface area contributed by atoms with Crippen LogP contribution in [0.2, 0.25) is 0 Å². The van der Waals surface area contributed by atoms with Crippen LogP contribution in [0.1, 0.15) is 79.0 Å². The maximum absolute atomic E-state index is 11.0. The molecule has 0 heterocycles. The van der Waals surface area contributed by atoms with Crippen LogP contribution in [0, 0.1) is 0 Å². The molecular formula is C19H30O2. The molecule has 0 unspecified atom stereocenters. The molecule has 0 aromatic heterocycles. The van der Waals surface area contributed by atoms with Gasteiger partial charge in [-0.15, -0.1) is 0 Å². The zero-order valence-electron chi connectivity index (χ0n) is 15.0. The molecule has 1 aromatic rings. The monoisotopic (exact) mass is 290 g/mol. The van der Waals surface area contributed by atoms with Gasteiger partial charge in [-0.05, 0) is 21.8 Å². The number of rotatable bonds is 2. The first-order valence-corrected chi connectivity index (χ1v) is 7.58. The van der Waals surface area contributed by atoms with Crippen LogP contribution in [0.3, 0.4) is 0 Å². The topological polar surface area (TPSA) is 26.3 Å². The first-order valence-electron chi connectivity index (χ1n) is 7.58. The summed E-state index contributed by atoms with van der Waals surface area (Å²) in [4.78, 5) is 11.0. The second-order valence-electron chi connectivity index (χ2n) is 8.86. The van der Waals surface area contributed by atoms with Gasteiger partial charge in [-0.25, -0.2) is 0 Å². The Hall–Kier alpha value is -1.31. The van der Waals surface area contributed by atoms with Gasteiger partial charge in [-0.1, -0.05) is 74.4 Å². The zero-order chi connectivity index (χ0) is 16.6. The molecule has 0 amide bonds. The minimum absolute atomic E-state index is 0.0553. The van der Waals surface area contributed by atoms with E-state index in [2.05, 4.69) is 74.4 Å². The van der Waals surface area contributed by atoms with Crippen molar-refractivity contribution in [3.05, 3.63) is 28.8 Å². The van der Waals surface area contributed by atoms with E-state index in [-0.39, 0.29) is 16.2 Å². The number of ether oxygens (including phenoxy) is 1. The molecule has 0 aliphatic carbocycles. The summed E-state index contributed by atoms with van der Waals surface area (Å²) in [5, 5.41) is 0. The Kier molecular flexibility index (Phi) is 4.62. The standard InChI is InChI=1S/C19H30O2/c1-17(2,3)13-10-14(18(4,5)6)16(21-12-20)15(11-13)19(7,8)9/h10-12H,1-9H3. The summed E-state index contributed by atoms with van der Waals surface area (Å²) in [5.74, 6) is 0.720. The highest BCUT2D eigenvalue weighted by Crippen LogP contribution is 2.42. The lowest BCUT2D eigenvalue weighted by molar-refractivity contribution is -0.120. The van der Waals surface area contributed by atoms with Crippen LogP contribution in [-0.2, 0) is 21.0 Å². The van der Waals surface area contributed by atoms with E-state index in [4.69, 9.17) is 4.74 Å². The molecule has 1 aromatic carbocycles. The Morgan fingerprint density at radius 1 is 0.762 bits per heavy atom. The fourth-order valence-electron chi connectivity index (χ4n) is 2.35. The summed E-state index contributed by atoms with van der Waals surface area (Å²) in [5.41, 5.74) is 3.34. The Labute approximate surface area is 129 Å². The Morgan fingerprint density at radius 2 is 1.14 bits per heavy atom. The molecule has 2 heteroatoms. The molecule has 0 aliphatic heterocycles. The van der Waals surface area contributed by atoms with Crippen molar-refractivity contribution in [3.63, 3.8) is 0 Å². The molecule has 0 fully saturated rings. The first kappa shape index (κ1) is 17.7. The van der Waals surface area contributed by atoms with E-state index < -0.39 is 0 Å². The third-order valence-corrected chi connectivity index (χ3v) is 3.74. The van der Waals surface area contributed by atoms with E-state index in [9.17, 15) is 4.79 Å². The average molecular weight is 290 g/mol. The van der Waals surface area contributed by atoms with Crippen molar-refractivity contribution in [1.82, 2.24) is 0 Å². The van der Waals surface area contributed by atoms with Crippen LogP contribution in [0.25, 0.3) is 0 Å². The molecule has 21 heavy (non-hydrogen) atoms. The quantitative estimate of drug-likeness (QED) is 0.707. The van der Waals surface area contributed by atoms with E-state index in [0.29, 0.717) is 6.47 Å². The summed E-state index contributed by atoms with van der Waals surface area (Å²) in [6.45, 7) is 20.1. The third-order valence-electron chi connectivity index (χ3n) is 3.74. The third kappa shape index (κ3) is 4.09. The minimum atomic E-state index is -0.0837. The van der Waals surface area contributed by atoms with Crippen LogP contribution < -0.4 is 4.74 Å². The Balaban J connectivity index is 3.79.